The van der Waals surface area contributed by atoms with Crippen molar-refractivity contribution in [1.82, 2.24) is 15.2 Å². The molecule has 0 saturated heterocycles. The zero-order chi connectivity index (χ0) is 13.0. The van der Waals surface area contributed by atoms with Crippen LogP contribution < -0.4 is 5.32 Å². The van der Waals surface area contributed by atoms with Crippen molar-refractivity contribution in [3.63, 3.8) is 0 Å². The monoisotopic (exact) mass is 267 g/mol. The van der Waals surface area contributed by atoms with Crippen molar-refractivity contribution < 1.29 is 0 Å². The standard InChI is InChI=1S/C14H25N3S/c1-4-13-16-12(10-18-13)9-15-11-14(17(2)3)7-5-6-8-14/h10,15H,4-9,11H2,1-3H3. The maximum Gasteiger partial charge on any atom is 0.0926 e. The van der Waals surface area contributed by atoms with E-state index in [4.69, 9.17) is 0 Å². The third kappa shape index (κ3) is 3.11. The predicted molar refractivity (Wildman–Crippen MR) is 78.1 cm³/mol. The molecule has 0 radical (unpaired) electrons. The molecule has 1 aliphatic carbocycles. The molecule has 0 unspecified atom stereocenters. The van der Waals surface area contributed by atoms with E-state index in [2.05, 4.69) is 41.6 Å². The maximum atomic E-state index is 4.60. The molecular formula is C14H25N3S. The summed E-state index contributed by atoms with van der Waals surface area (Å²) in [5, 5.41) is 7.03. The van der Waals surface area contributed by atoms with Gasteiger partial charge in [-0.15, -0.1) is 11.3 Å². The molecule has 1 saturated carbocycles. The summed E-state index contributed by atoms with van der Waals surface area (Å²) in [6, 6.07) is 0. The van der Waals surface area contributed by atoms with Gasteiger partial charge in [-0.2, -0.15) is 0 Å². The third-order valence-electron chi connectivity index (χ3n) is 4.14. The van der Waals surface area contributed by atoms with Crippen molar-refractivity contribution in [2.24, 2.45) is 0 Å². The highest BCUT2D eigenvalue weighted by atomic mass is 32.1. The number of rotatable bonds is 6. The van der Waals surface area contributed by atoms with Crippen molar-refractivity contribution in [2.75, 3.05) is 20.6 Å². The van der Waals surface area contributed by atoms with E-state index in [1.807, 2.05) is 0 Å². The Morgan fingerprint density at radius 3 is 2.67 bits per heavy atom. The van der Waals surface area contributed by atoms with Gasteiger partial charge in [-0.25, -0.2) is 4.98 Å². The van der Waals surface area contributed by atoms with E-state index in [1.165, 1.54) is 36.4 Å². The molecule has 0 atom stereocenters. The lowest BCUT2D eigenvalue weighted by Gasteiger charge is -2.36. The predicted octanol–water partition coefficient (Wildman–Crippen LogP) is 2.67. The first-order chi connectivity index (χ1) is 8.66. The van der Waals surface area contributed by atoms with Crippen molar-refractivity contribution >= 4 is 11.3 Å². The first kappa shape index (κ1) is 14.0. The number of aromatic nitrogens is 1. The minimum absolute atomic E-state index is 0.379. The Hall–Kier alpha value is -0.450. The van der Waals surface area contributed by atoms with E-state index in [1.54, 1.807) is 11.3 Å². The van der Waals surface area contributed by atoms with Gasteiger partial charge in [0.1, 0.15) is 0 Å². The second-order valence-electron chi connectivity index (χ2n) is 5.52. The SMILES string of the molecule is CCc1nc(CNCC2(N(C)C)CCCC2)cs1. The first-order valence-electron chi connectivity index (χ1n) is 6.98. The molecule has 4 heteroatoms. The molecule has 1 fully saturated rings. The molecule has 0 aliphatic heterocycles. The summed E-state index contributed by atoms with van der Waals surface area (Å²) in [4.78, 5) is 7.01. The Morgan fingerprint density at radius 2 is 2.11 bits per heavy atom. The molecule has 1 aromatic heterocycles. The smallest absolute Gasteiger partial charge is 0.0926 e. The Bertz CT molecular complexity index is 367. The van der Waals surface area contributed by atoms with E-state index in [0.29, 0.717) is 5.54 Å². The van der Waals surface area contributed by atoms with Crippen LogP contribution >= 0.6 is 11.3 Å². The summed E-state index contributed by atoms with van der Waals surface area (Å²) >= 11 is 1.78. The summed E-state index contributed by atoms with van der Waals surface area (Å²) in [5.41, 5.74) is 1.58. The summed E-state index contributed by atoms with van der Waals surface area (Å²) < 4.78 is 0. The lowest BCUT2D eigenvalue weighted by atomic mass is 9.96. The van der Waals surface area contributed by atoms with E-state index in [0.717, 1.165) is 19.5 Å². The van der Waals surface area contributed by atoms with Gasteiger partial charge >= 0.3 is 0 Å². The Labute approximate surface area is 115 Å². The Balaban J connectivity index is 1.83. The van der Waals surface area contributed by atoms with Gasteiger partial charge in [0.2, 0.25) is 0 Å². The van der Waals surface area contributed by atoms with Crippen LogP contribution in [-0.2, 0) is 13.0 Å². The average molecular weight is 267 g/mol. The average Bonchev–Trinajstić information content (AvgIpc) is 2.98. The lowest BCUT2D eigenvalue weighted by molar-refractivity contribution is 0.153. The molecule has 102 valence electrons. The van der Waals surface area contributed by atoms with E-state index in [9.17, 15) is 0 Å². The fourth-order valence-electron chi connectivity index (χ4n) is 2.83. The van der Waals surface area contributed by atoms with Crippen LogP contribution in [0.25, 0.3) is 0 Å². The summed E-state index contributed by atoms with van der Waals surface area (Å²) in [6.07, 6.45) is 6.44. The van der Waals surface area contributed by atoms with Gasteiger partial charge in [0.05, 0.1) is 10.7 Å². The normalized spacial score (nSPS) is 18.7. The van der Waals surface area contributed by atoms with Crippen LogP contribution in [-0.4, -0.2) is 36.1 Å². The molecule has 0 spiro atoms. The van der Waals surface area contributed by atoms with Gasteiger partial charge in [0, 0.05) is 24.0 Å². The zero-order valence-electron chi connectivity index (χ0n) is 11.8. The van der Waals surface area contributed by atoms with Gasteiger partial charge in [-0.1, -0.05) is 19.8 Å². The van der Waals surface area contributed by atoms with Gasteiger partial charge in [0.15, 0.2) is 0 Å². The highest BCUT2D eigenvalue weighted by Gasteiger charge is 2.35. The molecule has 3 nitrogen and oxygen atoms in total. The first-order valence-corrected chi connectivity index (χ1v) is 7.86. The van der Waals surface area contributed by atoms with E-state index in [-0.39, 0.29) is 0 Å². The van der Waals surface area contributed by atoms with Gasteiger partial charge in [0.25, 0.3) is 0 Å². The van der Waals surface area contributed by atoms with E-state index < -0.39 is 0 Å². The minimum atomic E-state index is 0.379. The molecule has 0 aromatic carbocycles. The Morgan fingerprint density at radius 1 is 1.39 bits per heavy atom. The van der Waals surface area contributed by atoms with Crippen LogP contribution in [0.3, 0.4) is 0 Å². The Kier molecular flexibility index (Phi) is 4.76. The fourth-order valence-corrected chi connectivity index (χ4v) is 3.58. The molecule has 0 bridgehead atoms. The molecular weight excluding hydrogens is 242 g/mol. The van der Waals surface area contributed by atoms with Crippen LogP contribution in [0.5, 0.6) is 0 Å². The second-order valence-corrected chi connectivity index (χ2v) is 6.46. The maximum absolute atomic E-state index is 4.60. The number of nitrogens with one attached hydrogen (secondary N) is 1. The molecule has 2 rings (SSSR count). The number of thiazole rings is 1. The summed E-state index contributed by atoms with van der Waals surface area (Å²) in [7, 11) is 4.43. The molecule has 0 amide bonds. The summed E-state index contributed by atoms with van der Waals surface area (Å²) in [6.45, 7) is 4.15. The third-order valence-corrected chi connectivity index (χ3v) is 5.19. The number of aryl methyl sites for hydroxylation is 1. The van der Waals surface area contributed by atoms with Gasteiger partial charge in [-0.05, 0) is 33.4 Å². The number of nitrogens with zero attached hydrogens (tertiary/aromatic N) is 2. The second kappa shape index (κ2) is 6.13. The van der Waals surface area contributed by atoms with Crippen LogP contribution in [0.4, 0.5) is 0 Å². The highest BCUT2D eigenvalue weighted by Crippen LogP contribution is 2.33. The molecule has 1 N–H and O–H groups in total. The van der Waals surface area contributed by atoms with Gasteiger partial charge < -0.3 is 10.2 Å². The van der Waals surface area contributed by atoms with Crippen molar-refractivity contribution in [3.05, 3.63) is 16.1 Å². The van der Waals surface area contributed by atoms with Crippen LogP contribution in [0, 0.1) is 0 Å². The van der Waals surface area contributed by atoms with Crippen molar-refractivity contribution in [1.29, 1.82) is 0 Å². The van der Waals surface area contributed by atoms with Crippen molar-refractivity contribution in [2.45, 2.75) is 51.1 Å². The molecule has 1 aliphatic rings. The highest BCUT2D eigenvalue weighted by molar-refractivity contribution is 7.09. The topological polar surface area (TPSA) is 28.2 Å². The minimum Gasteiger partial charge on any atom is -0.309 e. The lowest BCUT2D eigenvalue weighted by Crippen LogP contribution is -2.49. The molecule has 1 heterocycles. The van der Waals surface area contributed by atoms with Crippen LogP contribution in [0.2, 0.25) is 0 Å². The van der Waals surface area contributed by atoms with Gasteiger partial charge in [-0.3, -0.25) is 0 Å². The summed E-state index contributed by atoms with van der Waals surface area (Å²) in [5.74, 6) is 0. The number of likely N-dealkylation sites (N-methyl/N-ethyl adjacent to an activating group) is 1. The van der Waals surface area contributed by atoms with Crippen molar-refractivity contribution in [3.8, 4) is 0 Å². The zero-order valence-corrected chi connectivity index (χ0v) is 12.6. The van der Waals surface area contributed by atoms with E-state index >= 15 is 0 Å². The quantitative estimate of drug-likeness (QED) is 0.859. The number of hydrogen-bond donors (Lipinski definition) is 1. The molecule has 1 aromatic rings. The van der Waals surface area contributed by atoms with Crippen LogP contribution in [0.1, 0.15) is 43.3 Å². The fraction of sp³-hybridized carbons (Fsp3) is 0.786. The number of hydrogen-bond acceptors (Lipinski definition) is 4. The van der Waals surface area contributed by atoms with Crippen LogP contribution in [0.15, 0.2) is 5.38 Å². The largest absolute Gasteiger partial charge is 0.309 e. The molecule has 18 heavy (non-hydrogen) atoms.